The van der Waals surface area contributed by atoms with Crippen molar-refractivity contribution in [1.29, 1.82) is 0 Å². The predicted molar refractivity (Wildman–Crippen MR) is 82.3 cm³/mol. The minimum absolute atomic E-state index is 0.205. The molecule has 0 aliphatic heterocycles. The lowest BCUT2D eigenvalue weighted by molar-refractivity contribution is -0.137. The van der Waals surface area contributed by atoms with Gasteiger partial charge in [-0.3, -0.25) is 4.79 Å². The SMILES string of the molecule is O=C(Cc1cccc(C(F)(F)F)c1)N/N=C/c1ccccc1Cl. The third-order valence-electron chi connectivity index (χ3n) is 2.92. The van der Waals surface area contributed by atoms with Crippen LogP contribution in [0.2, 0.25) is 5.02 Å². The molecule has 3 nitrogen and oxygen atoms in total. The number of carbonyl (C=O) groups excluding carboxylic acids is 1. The number of nitrogens with one attached hydrogen (secondary N) is 1. The molecule has 0 radical (unpaired) electrons. The summed E-state index contributed by atoms with van der Waals surface area (Å²) in [6, 6.07) is 11.5. The van der Waals surface area contributed by atoms with Crippen LogP contribution >= 0.6 is 11.6 Å². The number of hydrazone groups is 1. The molecule has 7 heteroatoms. The molecule has 0 bridgehead atoms. The summed E-state index contributed by atoms with van der Waals surface area (Å²) in [5.41, 5.74) is 2.34. The Bertz CT molecular complexity index is 729. The van der Waals surface area contributed by atoms with Crippen LogP contribution in [-0.2, 0) is 17.4 Å². The van der Waals surface area contributed by atoms with Crippen molar-refractivity contribution in [2.24, 2.45) is 5.10 Å². The highest BCUT2D eigenvalue weighted by Gasteiger charge is 2.30. The average molecular weight is 341 g/mol. The topological polar surface area (TPSA) is 41.5 Å². The zero-order valence-corrected chi connectivity index (χ0v) is 12.5. The number of amides is 1. The number of benzene rings is 2. The van der Waals surface area contributed by atoms with Gasteiger partial charge in [0.2, 0.25) is 5.91 Å². The van der Waals surface area contributed by atoms with Crippen LogP contribution < -0.4 is 5.43 Å². The molecule has 120 valence electrons. The first-order valence-electron chi connectivity index (χ1n) is 6.59. The number of hydrogen-bond donors (Lipinski definition) is 1. The minimum Gasteiger partial charge on any atom is -0.273 e. The van der Waals surface area contributed by atoms with Gasteiger partial charge < -0.3 is 0 Å². The molecule has 1 N–H and O–H groups in total. The highest BCUT2D eigenvalue weighted by atomic mass is 35.5. The first-order chi connectivity index (χ1) is 10.9. The lowest BCUT2D eigenvalue weighted by atomic mass is 10.1. The lowest BCUT2D eigenvalue weighted by Gasteiger charge is -2.08. The third-order valence-corrected chi connectivity index (χ3v) is 3.26. The van der Waals surface area contributed by atoms with Gasteiger partial charge in [0.1, 0.15) is 0 Å². The monoisotopic (exact) mass is 340 g/mol. The van der Waals surface area contributed by atoms with Gasteiger partial charge in [-0.2, -0.15) is 18.3 Å². The molecule has 23 heavy (non-hydrogen) atoms. The van der Waals surface area contributed by atoms with Gasteiger partial charge in [0.05, 0.1) is 18.2 Å². The first kappa shape index (κ1) is 17.0. The Kier molecular flexibility index (Phi) is 5.39. The first-order valence-corrected chi connectivity index (χ1v) is 6.96. The molecule has 2 rings (SSSR count). The molecule has 1 amide bonds. The van der Waals surface area contributed by atoms with Gasteiger partial charge in [-0.1, -0.05) is 48.0 Å². The number of carbonyl (C=O) groups is 1. The van der Waals surface area contributed by atoms with Crippen molar-refractivity contribution in [2.45, 2.75) is 12.6 Å². The van der Waals surface area contributed by atoms with Crippen molar-refractivity contribution in [1.82, 2.24) is 5.43 Å². The van der Waals surface area contributed by atoms with Crippen LogP contribution in [0.3, 0.4) is 0 Å². The Hall–Kier alpha value is -2.34. The van der Waals surface area contributed by atoms with Crippen LogP contribution in [-0.4, -0.2) is 12.1 Å². The molecule has 0 fully saturated rings. The van der Waals surface area contributed by atoms with Crippen molar-refractivity contribution in [2.75, 3.05) is 0 Å². The van der Waals surface area contributed by atoms with Crippen LogP contribution in [0.25, 0.3) is 0 Å². The van der Waals surface area contributed by atoms with E-state index in [-0.39, 0.29) is 12.0 Å². The standard InChI is InChI=1S/C16H12ClF3N2O/c17-14-7-2-1-5-12(14)10-21-22-15(23)9-11-4-3-6-13(8-11)16(18,19)20/h1-8,10H,9H2,(H,22,23)/b21-10+. The van der Waals surface area contributed by atoms with E-state index in [2.05, 4.69) is 10.5 Å². The summed E-state index contributed by atoms with van der Waals surface area (Å²) in [6.45, 7) is 0. The number of rotatable bonds is 4. The van der Waals surface area contributed by atoms with Crippen molar-refractivity contribution in [3.63, 3.8) is 0 Å². The van der Waals surface area contributed by atoms with Crippen LogP contribution in [0, 0.1) is 0 Å². The molecule has 0 unspecified atom stereocenters. The van der Waals surface area contributed by atoms with Gasteiger partial charge >= 0.3 is 6.18 Å². The maximum atomic E-state index is 12.6. The predicted octanol–water partition coefficient (Wildman–Crippen LogP) is 4.05. The fraction of sp³-hybridized carbons (Fsp3) is 0.125. The Morgan fingerprint density at radius 2 is 1.91 bits per heavy atom. The summed E-state index contributed by atoms with van der Waals surface area (Å²) in [4.78, 5) is 11.7. The van der Waals surface area contributed by atoms with E-state index in [4.69, 9.17) is 11.6 Å². The molecule has 2 aromatic carbocycles. The third kappa shape index (κ3) is 5.10. The van der Waals surface area contributed by atoms with E-state index in [0.29, 0.717) is 10.6 Å². The van der Waals surface area contributed by atoms with Gasteiger partial charge in [-0.05, 0) is 17.7 Å². The van der Waals surface area contributed by atoms with Crippen molar-refractivity contribution in [3.8, 4) is 0 Å². The van der Waals surface area contributed by atoms with E-state index in [1.165, 1.54) is 18.3 Å². The summed E-state index contributed by atoms with van der Waals surface area (Å²) < 4.78 is 37.8. The van der Waals surface area contributed by atoms with Crippen molar-refractivity contribution < 1.29 is 18.0 Å². The molecule has 0 aliphatic carbocycles. The molecular formula is C16H12ClF3N2O. The molecule has 0 saturated carbocycles. The normalized spacial score (nSPS) is 11.7. The molecule has 0 aliphatic rings. The van der Waals surface area contributed by atoms with Gasteiger partial charge in [0.25, 0.3) is 0 Å². The van der Waals surface area contributed by atoms with E-state index in [1.807, 2.05) is 0 Å². The summed E-state index contributed by atoms with van der Waals surface area (Å²) >= 11 is 5.92. The quantitative estimate of drug-likeness (QED) is 0.662. The lowest BCUT2D eigenvalue weighted by Crippen LogP contribution is -2.20. The second kappa shape index (κ2) is 7.28. The van der Waals surface area contributed by atoms with Gasteiger partial charge in [-0.25, -0.2) is 5.43 Å². The van der Waals surface area contributed by atoms with E-state index in [0.717, 1.165) is 12.1 Å². The maximum absolute atomic E-state index is 12.6. The van der Waals surface area contributed by atoms with Crippen LogP contribution in [0.15, 0.2) is 53.6 Å². The molecule has 0 spiro atoms. The Labute approximate surface area is 135 Å². The van der Waals surface area contributed by atoms with Gasteiger partial charge in [0.15, 0.2) is 0 Å². The van der Waals surface area contributed by atoms with E-state index in [1.54, 1.807) is 24.3 Å². The molecule has 0 atom stereocenters. The number of nitrogens with zero attached hydrogens (tertiary/aromatic N) is 1. The van der Waals surface area contributed by atoms with Gasteiger partial charge in [-0.15, -0.1) is 0 Å². The molecule has 0 aromatic heterocycles. The van der Waals surface area contributed by atoms with Crippen LogP contribution in [0.4, 0.5) is 13.2 Å². The van der Waals surface area contributed by atoms with Crippen molar-refractivity contribution in [3.05, 3.63) is 70.2 Å². The largest absolute Gasteiger partial charge is 0.416 e. The number of hydrogen-bond acceptors (Lipinski definition) is 2. The fourth-order valence-corrected chi connectivity index (χ4v) is 2.02. The van der Waals surface area contributed by atoms with E-state index >= 15 is 0 Å². The highest BCUT2D eigenvalue weighted by Crippen LogP contribution is 2.29. The molecule has 2 aromatic rings. The molecule has 0 saturated heterocycles. The number of halogens is 4. The van der Waals surface area contributed by atoms with E-state index < -0.39 is 17.6 Å². The summed E-state index contributed by atoms with van der Waals surface area (Å²) in [7, 11) is 0. The maximum Gasteiger partial charge on any atom is 0.416 e. The average Bonchev–Trinajstić information content (AvgIpc) is 2.48. The van der Waals surface area contributed by atoms with Gasteiger partial charge in [0, 0.05) is 10.6 Å². The number of alkyl halides is 3. The zero-order chi connectivity index (χ0) is 16.9. The van der Waals surface area contributed by atoms with E-state index in [9.17, 15) is 18.0 Å². The summed E-state index contributed by atoms with van der Waals surface area (Å²) in [5, 5.41) is 4.21. The van der Waals surface area contributed by atoms with Crippen LogP contribution in [0.5, 0.6) is 0 Å². The molecule has 0 heterocycles. The Morgan fingerprint density at radius 3 is 2.61 bits per heavy atom. The molecular weight excluding hydrogens is 329 g/mol. The summed E-state index contributed by atoms with van der Waals surface area (Å²) in [6.07, 6.45) is -3.27. The zero-order valence-electron chi connectivity index (χ0n) is 11.8. The van der Waals surface area contributed by atoms with Crippen molar-refractivity contribution >= 4 is 23.7 Å². The fourth-order valence-electron chi connectivity index (χ4n) is 1.84. The Morgan fingerprint density at radius 1 is 1.17 bits per heavy atom. The van der Waals surface area contributed by atoms with Crippen LogP contribution in [0.1, 0.15) is 16.7 Å². The minimum atomic E-state index is -4.44. The smallest absolute Gasteiger partial charge is 0.273 e. The second-order valence-electron chi connectivity index (χ2n) is 4.69. The Balaban J connectivity index is 1.97. The second-order valence-corrected chi connectivity index (χ2v) is 5.10. The highest BCUT2D eigenvalue weighted by molar-refractivity contribution is 6.33. The summed E-state index contributed by atoms with van der Waals surface area (Å²) in [5.74, 6) is -0.521.